The van der Waals surface area contributed by atoms with Gasteiger partial charge in [0.1, 0.15) is 11.5 Å². The summed E-state index contributed by atoms with van der Waals surface area (Å²) in [6.45, 7) is 2.98. The van der Waals surface area contributed by atoms with Crippen LogP contribution in [0.25, 0.3) is 0 Å². The number of anilines is 1. The number of nitrogens with one attached hydrogen (secondary N) is 1. The predicted molar refractivity (Wildman–Crippen MR) is 95.9 cm³/mol. The quantitative estimate of drug-likeness (QED) is 0.490. The average molecular weight is 374 g/mol. The van der Waals surface area contributed by atoms with Gasteiger partial charge in [0.05, 0.1) is 0 Å². The van der Waals surface area contributed by atoms with Gasteiger partial charge in [-0.1, -0.05) is 11.6 Å². The van der Waals surface area contributed by atoms with Gasteiger partial charge in [0.15, 0.2) is 5.57 Å². The fourth-order valence-electron chi connectivity index (χ4n) is 2.19. The maximum Gasteiger partial charge on any atom is 0.350 e. The number of hydrogen-bond donors (Lipinski definition) is 1. The average Bonchev–Trinajstić information content (AvgIpc) is 2.56. The third kappa shape index (κ3) is 4.34. The molecule has 1 N–H and O–H groups in total. The molecule has 1 heterocycles. The monoisotopic (exact) mass is 373 g/mol. The summed E-state index contributed by atoms with van der Waals surface area (Å²) in [5, 5.41) is 3.50. The Hall–Kier alpha value is -2.99. The number of rotatable bonds is 4. The minimum Gasteiger partial charge on any atom is -0.457 e. The van der Waals surface area contributed by atoms with Gasteiger partial charge in [-0.2, -0.15) is 0 Å². The molecule has 2 aromatic carbocycles. The van der Waals surface area contributed by atoms with E-state index in [2.05, 4.69) is 5.32 Å². The molecule has 0 bridgehead atoms. The first-order valence-electron chi connectivity index (χ1n) is 7.79. The highest BCUT2D eigenvalue weighted by Crippen LogP contribution is 2.25. The molecule has 0 saturated carbocycles. The van der Waals surface area contributed by atoms with E-state index in [1.54, 1.807) is 48.5 Å². The molecule has 26 heavy (non-hydrogen) atoms. The van der Waals surface area contributed by atoms with E-state index in [-0.39, 0.29) is 5.57 Å². The highest BCUT2D eigenvalue weighted by Gasteiger charge is 2.38. The zero-order valence-electron chi connectivity index (χ0n) is 14.1. The van der Waals surface area contributed by atoms with E-state index in [4.69, 9.17) is 25.8 Å². The lowest BCUT2D eigenvalue weighted by Gasteiger charge is -2.29. The molecule has 1 aliphatic rings. The maximum atomic E-state index is 11.9. The number of hydrogen-bond acceptors (Lipinski definition) is 6. The lowest BCUT2D eigenvalue weighted by molar-refractivity contribution is -0.222. The summed E-state index contributed by atoms with van der Waals surface area (Å²) < 4.78 is 15.7. The van der Waals surface area contributed by atoms with E-state index in [0.29, 0.717) is 22.2 Å². The second kappa shape index (κ2) is 7.09. The van der Waals surface area contributed by atoms with Crippen molar-refractivity contribution in [2.45, 2.75) is 19.6 Å². The van der Waals surface area contributed by atoms with E-state index in [1.807, 2.05) is 0 Å². The second-order valence-electron chi connectivity index (χ2n) is 5.96. The van der Waals surface area contributed by atoms with Gasteiger partial charge in [0, 0.05) is 30.8 Å². The molecule has 0 amide bonds. The van der Waals surface area contributed by atoms with Crippen LogP contribution in [0, 0.1) is 0 Å². The topological polar surface area (TPSA) is 73.9 Å². The Morgan fingerprint density at radius 1 is 0.923 bits per heavy atom. The van der Waals surface area contributed by atoms with Gasteiger partial charge in [-0.05, 0) is 48.5 Å². The predicted octanol–water partition coefficient (Wildman–Crippen LogP) is 4.26. The molecule has 2 aromatic rings. The lowest BCUT2D eigenvalue weighted by Crippen LogP contribution is -2.42. The van der Waals surface area contributed by atoms with Crippen molar-refractivity contribution >= 4 is 29.2 Å². The van der Waals surface area contributed by atoms with Crippen LogP contribution in [0.5, 0.6) is 11.5 Å². The Labute approximate surface area is 155 Å². The zero-order valence-corrected chi connectivity index (χ0v) is 14.9. The molecular formula is C19H16ClNO5. The summed E-state index contributed by atoms with van der Waals surface area (Å²) in [5.74, 6) is -1.44. The molecule has 7 heteroatoms. The van der Waals surface area contributed by atoms with Gasteiger partial charge < -0.3 is 19.5 Å². The zero-order chi connectivity index (χ0) is 18.7. The van der Waals surface area contributed by atoms with Crippen LogP contribution in [-0.4, -0.2) is 17.7 Å². The Bertz CT molecular complexity index is 835. The first-order valence-corrected chi connectivity index (χ1v) is 8.17. The largest absolute Gasteiger partial charge is 0.457 e. The molecule has 6 nitrogen and oxygen atoms in total. The molecule has 1 aliphatic heterocycles. The Balaban J connectivity index is 1.65. The van der Waals surface area contributed by atoms with Crippen molar-refractivity contribution in [1.82, 2.24) is 0 Å². The van der Waals surface area contributed by atoms with Crippen molar-refractivity contribution < 1.29 is 23.8 Å². The van der Waals surface area contributed by atoms with Crippen molar-refractivity contribution in [3.63, 3.8) is 0 Å². The minimum atomic E-state index is -1.26. The molecule has 0 unspecified atom stereocenters. The van der Waals surface area contributed by atoms with E-state index < -0.39 is 17.7 Å². The number of carbonyl (C=O) groups excluding carboxylic acids is 2. The van der Waals surface area contributed by atoms with Crippen molar-refractivity contribution in [3.8, 4) is 11.5 Å². The Kier molecular flexibility index (Phi) is 4.86. The molecule has 0 atom stereocenters. The van der Waals surface area contributed by atoms with Crippen LogP contribution in [0.15, 0.2) is 60.3 Å². The summed E-state index contributed by atoms with van der Waals surface area (Å²) in [6.07, 6.45) is 1.26. The van der Waals surface area contributed by atoms with E-state index in [0.717, 1.165) is 0 Å². The van der Waals surface area contributed by atoms with Crippen LogP contribution in [0.2, 0.25) is 5.02 Å². The SMILES string of the molecule is CC1(C)OC(=O)C(=CNc2ccc(Oc3ccc(Cl)cc3)cc2)C(=O)O1. The molecule has 134 valence electrons. The summed E-state index contributed by atoms with van der Waals surface area (Å²) in [7, 11) is 0. The van der Waals surface area contributed by atoms with Gasteiger partial charge in [-0.25, -0.2) is 9.59 Å². The lowest BCUT2D eigenvalue weighted by atomic mass is 10.2. The molecular weight excluding hydrogens is 358 g/mol. The second-order valence-corrected chi connectivity index (χ2v) is 6.40. The van der Waals surface area contributed by atoms with Crippen LogP contribution in [-0.2, 0) is 19.1 Å². The number of esters is 2. The molecule has 0 aliphatic carbocycles. The summed E-state index contributed by atoms with van der Waals surface area (Å²) in [5.41, 5.74) is 0.456. The molecule has 0 radical (unpaired) electrons. The number of halogens is 1. The first kappa shape index (κ1) is 17.8. The van der Waals surface area contributed by atoms with E-state index in [1.165, 1.54) is 20.0 Å². The van der Waals surface area contributed by atoms with Gasteiger partial charge >= 0.3 is 11.9 Å². The fourth-order valence-corrected chi connectivity index (χ4v) is 2.32. The summed E-state index contributed by atoms with van der Waals surface area (Å²) >= 11 is 5.84. The Morgan fingerprint density at radius 2 is 1.42 bits per heavy atom. The summed E-state index contributed by atoms with van der Waals surface area (Å²) in [6, 6.07) is 14.0. The van der Waals surface area contributed by atoms with Crippen LogP contribution in [0.1, 0.15) is 13.8 Å². The van der Waals surface area contributed by atoms with Gasteiger partial charge in [-0.3, -0.25) is 0 Å². The van der Waals surface area contributed by atoms with E-state index in [9.17, 15) is 9.59 Å². The van der Waals surface area contributed by atoms with Crippen molar-refractivity contribution in [2.75, 3.05) is 5.32 Å². The molecule has 0 spiro atoms. The summed E-state index contributed by atoms with van der Waals surface area (Å²) in [4.78, 5) is 23.7. The molecule has 1 fully saturated rings. The van der Waals surface area contributed by atoms with Gasteiger partial charge in [0.25, 0.3) is 5.79 Å². The molecule has 3 rings (SSSR count). The third-order valence-corrected chi connectivity index (χ3v) is 3.66. The first-order chi connectivity index (χ1) is 12.3. The van der Waals surface area contributed by atoms with Crippen molar-refractivity contribution in [2.24, 2.45) is 0 Å². The third-order valence-electron chi connectivity index (χ3n) is 3.40. The minimum absolute atomic E-state index is 0.203. The molecule has 0 aromatic heterocycles. The number of ether oxygens (including phenoxy) is 3. The van der Waals surface area contributed by atoms with Crippen molar-refractivity contribution in [1.29, 1.82) is 0 Å². The van der Waals surface area contributed by atoms with Crippen molar-refractivity contribution in [3.05, 3.63) is 65.3 Å². The van der Waals surface area contributed by atoms with Crippen LogP contribution in [0.4, 0.5) is 5.69 Å². The highest BCUT2D eigenvalue weighted by atomic mass is 35.5. The number of benzene rings is 2. The van der Waals surface area contributed by atoms with Crippen LogP contribution < -0.4 is 10.1 Å². The van der Waals surface area contributed by atoms with Crippen LogP contribution >= 0.6 is 11.6 Å². The smallest absolute Gasteiger partial charge is 0.350 e. The number of cyclic esters (lactones) is 2. The van der Waals surface area contributed by atoms with E-state index >= 15 is 0 Å². The normalized spacial score (nSPS) is 15.7. The van der Waals surface area contributed by atoms with Gasteiger partial charge in [0.2, 0.25) is 0 Å². The van der Waals surface area contributed by atoms with Gasteiger partial charge in [-0.15, -0.1) is 0 Å². The number of carbonyl (C=O) groups is 2. The Morgan fingerprint density at radius 3 is 1.96 bits per heavy atom. The maximum absolute atomic E-state index is 11.9. The standard InChI is InChI=1S/C19H16ClNO5/c1-19(2)25-17(22)16(18(23)26-19)11-21-13-5-9-15(10-6-13)24-14-7-3-12(20)4-8-14/h3-11,21H,1-2H3. The molecule has 1 saturated heterocycles. The van der Waals surface area contributed by atoms with Crippen LogP contribution in [0.3, 0.4) is 0 Å². The fraction of sp³-hybridized carbons (Fsp3) is 0.158. The highest BCUT2D eigenvalue weighted by molar-refractivity contribution is 6.30.